The molecule has 0 radical (unpaired) electrons. The van der Waals surface area contributed by atoms with Crippen molar-refractivity contribution in [3.8, 4) is 17.2 Å². The molecule has 0 aliphatic carbocycles. The highest BCUT2D eigenvalue weighted by Gasteiger charge is 2.40. The molecule has 3 atom stereocenters. The van der Waals surface area contributed by atoms with Gasteiger partial charge in [-0.3, -0.25) is 4.79 Å². The molecular formula is C22H26O6. The van der Waals surface area contributed by atoms with Crippen LogP contribution < -0.4 is 14.2 Å². The Balaban J connectivity index is 1.95. The molecule has 0 bridgehead atoms. The predicted octanol–water partition coefficient (Wildman–Crippen LogP) is 3.55. The number of hydrogen-bond acceptors (Lipinski definition) is 6. The van der Waals surface area contributed by atoms with Crippen molar-refractivity contribution in [3.63, 3.8) is 0 Å². The maximum absolute atomic E-state index is 13.1. The SMILES string of the molecule is COc1cc(C(OC)[C@@H]2COC[C@H]2C(=O)c2ccccc2)cc(OC)c1OC. The standard InChI is InChI=1S/C22H26O6/c1-24-18-10-15(11-19(25-2)22(18)27-4)21(26-3)17-13-28-12-16(17)20(23)14-8-6-5-7-9-14/h5-11,16-17,21H,12-13H2,1-4H3/t16-,17-,21?/m1/s1. The number of rotatable bonds is 8. The van der Waals surface area contributed by atoms with Gasteiger partial charge in [-0.15, -0.1) is 0 Å². The fourth-order valence-electron chi connectivity index (χ4n) is 3.78. The summed E-state index contributed by atoms with van der Waals surface area (Å²) in [5.74, 6) is 1.26. The Kier molecular flexibility index (Phi) is 6.54. The second-order valence-electron chi connectivity index (χ2n) is 6.65. The van der Waals surface area contributed by atoms with Crippen LogP contribution in [0.2, 0.25) is 0 Å². The van der Waals surface area contributed by atoms with E-state index in [1.807, 2.05) is 42.5 Å². The van der Waals surface area contributed by atoms with Gasteiger partial charge in [0.2, 0.25) is 5.75 Å². The first-order valence-electron chi connectivity index (χ1n) is 9.14. The molecule has 6 heteroatoms. The molecule has 3 rings (SSSR count). The first kappa shape index (κ1) is 20.2. The van der Waals surface area contributed by atoms with Crippen molar-refractivity contribution in [2.45, 2.75) is 6.10 Å². The molecule has 0 aromatic heterocycles. The van der Waals surface area contributed by atoms with Gasteiger partial charge in [0.05, 0.1) is 46.6 Å². The first-order chi connectivity index (χ1) is 13.6. The van der Waals surface area contributed by atoms with Crippen molar-refractivity contribution in [1.29, 1.82) is 0 Å². The van der Waals surface area contributed by atoms with E-state index in [1.165, 1.54) is 0 Å². The Morgan fingerprint density at radius 1 is 0.964 bits per heavy atom. The van der Waals surface area contributed by atoms with Gasteiger partial charge >= 0.3 is 0 Å². The topological polar surface area (TPSA) is 63.2 Å². The van der Waals surface area contributed by atoms with Gasteiger partial charge < -0.3 is 23.7 Å². The summed E-state index contributed by atoms with van der Waals surface area (Å²) in [4.78, 5) is 13.1. The zero-order valence-electron chi connectivity index (χ0n) is 16.6. The van der Waals surface area contributed by atoms with Crippen LogP contribution >= 0.6 is 0 Å². The third kappa shape index (κ3) is 3.84. The zero-order valence-corrected chi connectivity index (χ0v) is 16.6. The Morgan fingerprint density at radius 3 is 2.14 bits per heavy atom. The molecule has 0 spiro atoms. The average molecular weight is 386 g/mol. The molecule has 1 heterocycles. The first-order valence-corrected chi connectivity index (χ1v) is 9.14. The molecule has 1 fully saturated rings. The van der Waals surface area contributed by atoms with E-state index >= 15 is 0 Å². The van der Waals surface area contributed by atoms with Gasteiger partial charge in [0, 0.05) is 18.6 Å². The molecule has 150 valence electrons. The number of benzene rings is 2. The zero-order chi connectivity index (χ0) is 20.1. The fourth-order valence-corrected chi connectivity index (χ4v) is 3.78. The van der Waals surface area contributed by atoms with E-state index in [0.717, 1.165) is 5.56 Å². The van der Waals surface area contributed by atoms with Crippen LogP contribution in [-0.2, 0) is 9.47 Å². The number of carbonyl (C=O) groups is 1. The lowest BCUT2D eigenvalue weighted by molar-refractivity contribution is 0.0324. The fraction of sp³-hybridized carbons (Fsp3) is 0.409. The minimum atomic E-state index is -0.353. The summed E-state index contributed by atoms with van der Waals surface area (Å²) in [6.07, 6.45) is -0.353. The second kappa shape index (κ2) is 9.08. The van der Waals surface area contributed by atoms with Gasteiger partial charge in [-0.1, -0.05) is 30.3 Å². The molecule has 6 nitrogen and oxygen atoms in total. The molecule has 1 saturated heterocycles. The summed E-state index contributed by atoms with van der Waals surface area (Å²) in [6, 6.07) is 13.0. The largest absolute Gasteiger partial charge is 0.493 e. The van der Waals surface area contributed by atoms with Crippen LogP contribution in [0.1, 0.15) is 22.0 Å². The normalized spacial score (nSPS) is 19.9. The van der Waals surface area contributed by atoms with Crippen LogP contribution in [0.15, 0.2) is 42.5 Å². The van der Waals surface area contributed by atoms with E-state index in [9.17, 15) is 4.79 Å². The van der Waals surface area contributed by atoms with E-state index in [-0.39, 0.29) is 23.7 Å². The number of methoxy groups -OCH3 is 4. The average Bonchev–Trinajstić information content (AvgIpc) is 3.22. The van der Waals surface area contributed by atoms with Crippen molar-refractivity contribution >= 4 is 5.78 Å². The molecule has 0 N–H and O–H groups in total. The van der Waals surface area contributed by atoms with Gasteiger partial charge in [0.25, 0.3) is 0 Å². The Labute approximate surface area is 165 Å². The molecule has 1 aliphatic heterocycles. The summed E-state index contributed by atoms with van der Waals surface area (Å²) in [6.45, 7) is 0.821. The molecule has 0 saturated carbocycles. The van der Waals surface area contributed by atoms with Crippen LogP contribution in [0.4, 0.5) is 0 Å². The van der Waals surface area contributed by atoms with Crippen LogP contribution in [0, 0.1) is 11.8 Å². The van der Waals surface area contributed by atoms with Gasteiger partial charge in [0.1, 0.15) is 0 Å². The van der Waals surface area contributed by atoms with Crippen LogP contribution in [0.3, 0.4) is 0 Å². The van der Waals surface area contributed by atoms with Crippen molar-refractivity contribution < 1.29 is 28.5 Å². The summed E-state index contributed by atoms with van der Waals surface area (Å²) in [5, 5.41) is 0. The number of ketones is 1. The summed E-state index contributed by atoms with van der Waals surface area (Å²) in [5.41, 5.74) is 1.53. The highest BCUT2D eigenvalue weighted by molar-refractivity contribution is 5.98. The maximum Gasteiger partial charge on any atom is 0.203 e. The molecule has 2 aromatic carbocycles. The molecule has 28 heavy (non-hydrogen) atoms. The summed E-state index contributed by atoms with van der Waals surface area (Å²) >= 11 is 0. The van der Waals surface area contributed by atoms with Gasteiger partial charge in [-0.05, 0) is 17.7 Å². The molecule has 1 aliphatic rings. The van der Waals surface area contributed by atoms with Crippen molar-refractivity contribution in [1.82, 2.24) is 0 Å². The Hall–Kier alpha value is -2.57. The van der Waals surface area contributed by atoms with E-state index in [0.29, 0.717) is 36.0 Å². The highest BCUT2D eigenvalue weighted by Crippen LogP contribution is 2.44. The monoisotopic (exact) mass is 386 g/mol. The quantitative estimate of drug-likeness (QED) is 0.647. The summed E-state index contributed by atoms with van der Waals surface area (Å²) < 4.78 is 27.8. The van der Waals surface area contributed by atoms with Gasteiger partial charge in [0.15, 0.2) is 17.3 Å². The van der Waals surface area contributed by atoms with E-state index in [1.54, 1.807) is 28.4 Å². The van der Waals surface area contributed by atoms with E-state index in [2.05, 4.69) is 0 Å². The summed E-state index contributed by atoms with van der Waals surface area (Å²) in [7, 11) is 6.34. The number of hydrogen-bond donors (Lipinski definition) is 0. The number of Topliss-reactive ketones (excluding diaryl/α,β-unsaturated/α-hetero) is 1. The lowest BCUT2D eigenvalue weighted by atomic mass is 9.82. The van der Waals surface area contributed by atoms with Crippen LogP contribution in [0.25, 0.3) is 0 Å². The predicted molar refractivity (Wildman–Crippen MR) is 104 cm³/mol. The minimum Gasteiger partial charge on any atom is -0.493 e. The van der Waals surface area contributed by atoms with E-state index < -0.39 is 0 Å². The Morgan fingerprint density at radius 2 is 1.61 bits per heavy atom. The maximum atomic E-state index is 13.1. The second-order valence-corrected chi connectivity index (χ2v) is 6.65. The van der Waals surface area contributed by atoms with Crippen LogP contribution in [-0.4, -0.2) is 47.4 Å². The minimum absolute atomic E-state index is 0.0672. The smallest absolute Gasteiger partial charge is 0.203 e. The molecule has 2 aromatic rings. The highest BCUT2D eigenvalue weighted by atomic mass is 16.5. The van der Waals surface area contributed by atoms with Crippen LogP contribution in [0.5, 0.6) is 17.2 Å². The number of carbonyl (C=O) groups excluding carboxylic acids is 1. The third-order valence-corrected chi connectivity index (χ3v) is 5.18. The molecular weight excluding hydrogens is 360 g/mol. The lowest BCUT2D eigenvalue weighted by Crippen LogP contribution is -2.28. The van der Waals surface area contributed by atoms with Gasteiger partial charge in [-0.25, -0.2) is 0 Å². The van der Waals surface area contributed by atoms with Gasteiger partial charge in [-0.2, -0.15) is 0 Å². The van der Waals surface area contributed by atoms with E-state index in [4.69, 9.17) is 23.7 Å². The van der Waals surface area contributed by atoms with Crippen molar-refractivity contribution in [3.05, 3.63) is 53.6 Å². The molecule has 0 amide bonds. The lowest BCUT2D eigenvalue weighted by Gasteiger charge is -2.27. The van der Waals surface area contributed by atoms with Crippen molar-refractivity contribution in [2.75, 3.05) is 41.7 Å². The van der Waals surface area contributed by atoms with Crippen molar-refractivity contribution in [2.24, 2.45) is 11.8 Å². The molecule has 1 unspecified atom stereocenters. The Bertz CT molecular complexity index is 779. The third-order valence-electron chi connectivity index (χ3n) is 5.18. The number of ether oxygens (including phenoxy) is 5.